The van der Waals surface area contributed by atoms with Gasteiger partial charge < -0.3 is 18.9 Å². The molecule has 0 radical (unpaired) electrons. The molecule has 0 aliphatic carbocycles. The van der Waals surface area contributed by atoms with Crippen LogP contribution in [-0.2, 0) is 22.7 Å². The van der Waals surface area contributed by atoms with E-state index in [1.54, 1.807) is 14.2 Å². The van der Waals surface area contributed by atoms with Gasteiger partial charge in [0.25, 0.3) is 0 Å². The number of benzene rings is 2. The standard InChI is InChI=1S/C29H38O4/c1-23(2)19-24(3)20-25(16-18-33-22-27-10-14-29(31-5)15-11-27)7-6-17-32-21-26-8-12-28(30-4)13-9-26/h7-15,19H,1,6,16-18,20-22H2,2-5H3/b24-19-,25-7+. The Morgan fingerprint density at radius 3 is 1.79 bits per heavy atom. The van der Waals surface area contributed by atoms with Crippen LogP contribution < -0.4 is 9.47 Å². The van der Waals surface area contributed by atoms with E-state index in [1.165, 1.54) is 11.1 Å². The van der Waals surface area contributed by atoms with Crippen molar-refractivity contribution in [2.45, 2.75) is 46.3 Å². The molecular formula is C29H38O4. The monoisotopic (exact) mass is 450 g/mol. The summed E-state index contributed by atoms with van der Waals surface area (Å²) in [5.41, 5.74) is 6.04. The molecule has 0 saturated heterocycles. The van der Waals surface area contributed by atoms with Gasteiger partial charge in [0.05, 0.1) is 40.6 Å². The van der Waals surface area contributed by atoms with Crippen LogP contribution in [0.25, 0.3) is 0 Å². The maximum atomic E-state index is 5.93. The molecule has 0 spiro atoms. The van der Waals surface area contributed by atoms with Gasteiger partial charge in [-0.3, -0.25) is 0 Å². The predicted octanol–water partition coefficient (Wildman–Crippen LogP) is 7.06. The highest BCUT2D eigenvalue weighted by Crippen LogP contribution is 2.18. The van der Waals surface area contributed by atoms with Crippen LogP contribution in [0.2, 0.25) is 0 Å². The van der Waals surface area contributed by atoms with Crippen molar-refractivity contribution in [3.63, 3.8) is 0 Å². The minimum absolute atomic E-state index is 0.600. The predicted molar refractivity (Wildman–Crippen MR) is 136 cm³/mol. The SMILES string of the molecule is C=C(C)/C=C(/C)C/C(=C/CCOCc1ccc(OC)cc1)CCOCc1ccc(OC)cc1. The zero-order chi connectivity index (χ0) is 23.9. The van der Waals surface area contributed by atoms with Gasteiger partial charge in [0.15, 0.2) is 0 Å². The van der Waals surface area contributed by atoms with E-state index in [-0.39, 0.29) is 0 Å². The normalized spacial score (nSPS) is 12.0. The molecule has 0 N–H and O–H groups in total. The molecule has 0 unspecified atom stereocenters. The van der Waals surface area contributed by atoms with Gasteiger partial charge in [-0.15, -0.1) is 0 Å². The lowest BCUT2D eigenvalue weighted by atomic mass is 10.0. The average molecular weight is 451 g/mol. The maximum absolute atomic E-state index is 5.93. The molecule has 0 aromatic heterocycles. The summed E-state index contributed by atoms with van der Waals surface area (Å²) in [6.45, 7) is 10.7. The van der Waals surface area contributed by atoms with Crippen molar-refractivity contribution in [2.75, 3.05) is 27.4 Å². The molecule has 0 fully saturated rings. The van der Waals surface area contributed by atoms with Crippen LogP contribution in [-0.4, -0.2) is 27.4 Å². The molecule has 0 aliphatic rings. The molecule has 0 amide bonds. The lowest BCUT2D eigenvalue weighted by Gasteiger charge is -2.11. The number of allylic oxidation sites excluding steroid dienone is 3. The highest BCUT2D eigenvalue weighted by Gasteiger charge is 2.02. The second-order valence-electron chi connectivity index (χ2n) is 8.22. The summed E-state index contributed by atoms with van der Waals surface area (Å²) in [5, 5.41) is 0. The van der Waals surface area contributed by atoms with E-state index in [9.17, 15) is 0 Å². The first kappa shape index (κ1) is 26.4. The molecule has 0 heterocycles. The molecule has 0 bridgehead atoms. The van der Waals surface area contributed by atoms with Gasteiger partial charge in [0.2, 0.25) is 0 Å². The Kier molecular flexibility index (Phi) is 12.1. The van der Waals surface area contributed by atoms with Gasteiger partial charge in [0.1, 0.15) is 11.5 Å². The van der Waals surface area contributed by atoms with Crippen molar-refractivity contribution in [2.24, 2.45) is 0 Å². The highest BCUT2D eigenvalue weighted by atomic mass is 16.5. The average Bonchev–Trinajstić information content (AvgIpc) is 2.81. The van der Waals surface area contributed by atoms with E-state index >= 15 is 0 Å². The number of hydrogen-bond donors (Lipinski definition) is 0. The first-order valence-corrected chi connectivity index (χ1v) is 11.4. The summed E-state index contributed by atoms with van der Waals surface area (Å²) in [6.07, 6.45) is 7.14. The van der Waals surface area contributed by atoms with E-state index in [1.807, 2.05) is 55.5 Å². The molecule has 4 heteroatoms. The Hall–Kier alpha value is -2.82. The lowest BCUT2D eigenvalue weighted by molar-refractivity contribution is 0.121. The highest BCUT2D eigenvalue weighted by molar-refractivity contribution is 5.27. The minimum Gasteiger partial charge on any atom is -0.497 e. The first-order chi connectivity index (χ1) is 16.0. The molecule has 178 valence electrons. The van der Waals surface area contributed by atoms with E-state index in [4.69, 9.17) is 18.9 Å². The fraction of sp³-hybridized carbons (Fsp3) is 0.379. The first-order valence-electron chi connectivity index (χ1n) is 11.4. The Bertz CT molecular complexity index is 892. The lowest BCUT2D eigenvalue weighted by Crippen LogP contribution is -2.00. The largest absolute Gasteiger partial charge is 0.497 e. The molecular weight excluding hydrogens is 412 g/mol. The van der Waals surface area contributed by atoms with Crippen molar-refractivity contribution in [3.05, 3.63) is 95.1 Å². The van der Waals surface area contributed by atoms with Crippen LogP contribution in [0.1, 0.15) is 44.2 Å². The summed E-state index contributed by atoms with van der Waals surface area (Å²) in [6, 6.07) is 16.0. The molecule has 2 rings (SSSR count). The van der Waals surface area contributed by atoms with E-state index in [2.05, 4.69) is 25.7 Å². The van der Waals surface area contributed by atoms with Gasteiger partial charge in [0, 0.05) is 0 Å². The minimum atomic E-state index is 0.600. The Morgan fingerprint density at radius 1 is 0.788 bits per heavy atom. The third kappa shape index (κ3) is 11.0. The van der Waals surface area contributed by atoms with Crippen molar-refractivity contribution in [3.8, 4) is 11.5 Å². The Balaban J connectivity index is 1.80. The number of methoxy groups -OCH3 is 2. The topological polar surface area (TPSA) is 36.9 Å². The van der Waals surface area contributed by atoms with Crippen LogP contribution in [0.5, 0.6) is 11.5 Å². The fourth-order valence-electron chi connectivity index (χ4n) is 3.47. The quantitative estimate of drug-likeness (QED) is 0.165. The smallest absolute Gasteiger partial charge is 0.118 e. The van der Waals surface area contributed by atoms with Gasteiger partial charge >= 0.3 is 0 Å². The molecule has 0 aliphatic heterocycles. The summed E-state index contributed by atoms with van der Waals surface area (Å²) >= 11 is 0. The second kappa shape index (κ2) is 15.1. The molecule has 2 aromatic carbocycles. The summed E-state index contributed by atoms with van der Waals surface area (Å²) in [5.74, 6) is 1.72. The van der Waals surface area contributed by atoms with Gasteiger partial charge in [-0.2, -0.15) is 0 Å². The van der Waals surface area contributed by atoms with E-state index < -0.39 is 0 Å². The zero-order valence-corrected chi connectivity index (χ0v) is 20.6. The molecule has 2 aromatic rings. The van der Waals surface area contributed by atoms with Crippen molar-refractivity contribution < 1.29 is 18.9 Å². The second-order valence-corrected chi connectivity index (χ2v) is 8.22. The van der Waals surface area contributed by atoms with Crippen molar-refractivity contribution in [1.29, 1.82) is 0 Å². The Labute approximate surface area is 199 Å². The fourth-order valence-corrected chi connectivity index (χ4v) is 3.47. The maximum Gasteiger partial charge on any atom is 0.118 e. The number of hydrogen-bond acceptors (Lipinski definition) is 4. The van der Waals surface area contributed by atoms with Crippen molar-refractivity contribution in [1.82, 2.24) is 0 Å². The van der Waals surface area contributed by atoms with Gasteiger partial charge in [-0.25, -0.2) is 0 Å². The molecule has 0 saturated carbocycles. The van der Waals surface area contributed by atoms with Gasteiger partial charge in [-0.1, -0.05) is 59.7 Å². The zero-order valence-electron chi connectivity index (χ0n) is 20.6. The third-order valence-corrected chi connectivity index (χ3v) is 5.12. The molecule has 4 nitrogen and oxygen atoms in total. The van der Waals surface area contributed by atoms with Crippen LogP contribution in [0.15, 0.2) is 84.0 Å². The van der Waals surface area contributed by atoms with E-state index in [0.717, 1.165) is 47.5 Å². The molecule has 0 atom stereocenters. The molecule has 33 heavy (non-hydrogen) atoms. The number of ether oxygens (including phenoxy) is 4. The van der Waals surface area contributed by atoms with Gasteiger partial charge in [-0.05, 0) is 68.5 Å². The van der Waals surface area contributed by atoms with Crippen molar-refractivity contribution >= 4 is 0 Å². The summed E-state index contributed by atoms with van der Waals surface area (Å²) < 4.78 is 22.2. The summed E-state index contributed by atoms with van der Waals surface area (Å²) in [4.78, 5) is 0. The van der Waals surface area contributed by atoms with Crippen LogP contribution in [0.3, 0.4) is 0 Å². The third-order valence-electron chi connectivity index (χ3n) is 5.12. The van der Waals surface area contributed by atoms with Crippen LogP contribution >= 0.6 is 0 Å². The van der Waals surface area contributed by atoms with Crippen LogP contribution in [0, 0.1) is 0 Å². The Morgan fingerprint density at radius 2 is 1.30 bits per heavy atom. The van der Waals surface area contributed by atoms with E-state index in [0.29, 0.717) is 26.4 Å². The number of rotatable bonds is 15. The summed E-state index contributed by atoms with van der Waals surface area (Å²) in [7, 11) is 3.35. The van der Waals surface area contributed by atoms with Crippen LogP contribution in [0.4, 0.5) is 0 Å².